The summed E-state index contributed by atoms with van der Waals surface area (Å²) in [6, 6.07) is 8.36. The van der Waals surface area contributed by atoms with Gasteiger partial charge in [-0.3, -0.25) is 0 Å². The van der Waals surface area contributed by atoms with Gasteiger partial charge in [0.05, 0.1) is 16.8 Å². The highest BCUT2D eigenvalue weighted by Crippen LogP contribution is 2.47. The molecule has 164 valence electrons. The first-order chi connectivity index (χ1) is 14.5. The Hall–Kier alpha value is -2.86. The average molecular weight is 425 g/mol. The third kappa shape index (κ3) is 3.59. The molecule has 0 unspecified atom stereocenters. The van der Waals surface area contributed by atoms with E-state index in [-0.39, 0.29) is 5.82 Å². The lowest BCUT2D eigenvalue weighted by atomic mass is 9.87. The molecule has 31 heavy (non-hydrogen) atoms. The number of carboxylic acid groups (broad SMARTS) is 1. The Morgan fingerprint density at radius 3 is 2.39 bits per heavy atom. The number of aromatic nitrogens is 1. The fourth-order valence-electron chi connectivity index (χ4n) is 4.72. The van der Waals surface area contributed by atoms with Crippen LogP contribution in [0.15, 0.2) is 30.3 Å². The van der Waals surface area contributed by atoms with Crippen LogP contribution in [0, 0.1) is 19.7 Å². The van der Waals surface area contributed by atoms with Crippen LogP contribution < -0.4 is 4.90 Å². The summed E-state index contributed by atoms with van der Waals surface area (Å²) in [7, 11) is 2.04. The van der Waals surface area contributed by atoms with Crippen LogP contribution in [-0.2, 0) is 16.1 Å². The van der Waals surface area contributed by atoms with Crippen molar-refractivity contribution >= 4 is 22.6 Å². The van der Waals surface area contributed by atoms with E-state index < -0.39 is 17.7 Å². The van der Waals surface area contributed by atoms with Gasteiger partial charge in [0.25, 0.3) is 0 Å². The Labute approximate surface area is 182 Å². The molecule has 5 nitrogen and oxygen atoms in total. The number of likely N-dealkylation sites (N-methyl/N-ethyl adjacent to an activating group) is 1. The number of hydrogen-bond acceptors (Lipinski definition) is 3. The first kappa shape index (κ1) is 21.4. The predicted molar refractivity (Wildman–Crippen MR) is 121 cm³/mol. The zero-order chi connectivity index (χ0) is 22.7. The molecule has 0 fully saturated rings. The molecule has 0 aliphatic carbocycles. The molecule has 2 aromatic carbocycles. The summed E-state index contributed by atoms with van der Waals surface area (Å²) in [6.45, 7) is 11.3. The maximum absolute atomic E-state index is 13.7. The second kappa shape index (κ2) is 7.38. The number of carbonyl (C=O) groups is 1. The van der Waals surface area contributed by atoms with Gasteiger partial charge >= 0.3 is 5.97 Å². The maximum atomic E-state index is 13.7. The molecule has 1 atom stereocenters. The van der Waals surface area contributed by atoms with Gasteiger partial charge in [0.1, 0.15) is 5.82 Å². The number of ether oxygens (including phenoxy) is 1. The quantitative estimate of drug-likeness (QED) is 0.605. The van der Waals surface area contributed by atoms with Gasteiger partial charge in [0, 0.05) is 36.8 Å². The lowest BCUT2D eigenvalue weighted by molar-refractivity contribution is -0.160. The number of rotatable bonds is 4. The molecular weight excluding hydrogens is 395 g/mol. The van der Waals surface area contributed by atoms with Crippen LogP contribution >= 0.6 is 0 Å². The molecule has 0 bridgehead atoms. The molecule has 0 saturated heterocycles. The van der Waals surface area contributed by atoms with Gasteiger partial charge in [0.15, 0.2) is 6.10 Å². The summed E-state index contributed by atoms with van der Waals surface area (Å²) in [5.74, 6) is -1.37. The zero-order valence-corrected chi connectivity index (χ0v) is 18.9. The van der Waals surface area contributed by atoms with Crippen molar-refractivity contribution in [2.75, 3.05) is 18.5 Å². The van der Waals surface area contributed by atoms with Gasteiger partial charge in [0.2, 0.25) is 0 Å². The van der Waals surface area contributed by atoms with Gasteiger partial charge in [-0.05, 0) is 69.5 Å². The third-order valence-electron chi connectivity index (χ3n) is 5.96. The van der Waals surface area contributed by atoms with Crippen LogP contribution in [-0.4, -0.2) is 34.8 Å². The van der Waals surface area contributed by atoms with E-state index in [4.69, 9.17) is 4.74 Å². The first-order valence-corrected chi connectivity index (χ1v) is 10.5. The molecule has 1 aliphatic rings. The number of aliphatic carboxylic acids is 1. The van der Waals surface area contributed by atoms with E-state index in [1.807, 2.05) is 34.7 Å². The van der Waals surface area contributed by atoms with Crippen molar-refractivity contribution in [3.63, 3.8) is 0 Å². The molecule has 3 aromatic rings. The van der Waals surface area contributed by atoms with E-state index >= 15 is 0 Å². The minimum Gasteiger partial charge on any atom is -0.479 e. The molecule has 0 saturated carbocycles. The molecule has 1 aromatic heterocycles. The maximum Gasteiger partial charge on any atom is 0.337 e. The summed E-state index contributed by atoms with van der Waals surface area (Å²) in [5.41, 5.74) is 5.66. The molecule has 0 spiro atoms. The zero-order valence-electron chi connectivity index (χ0n) is 18.9. The molecular formula is C25H29FN2O3. The van der Waals surface area contributed by atoms with Crippen molar-refractivity contribution in [3.05, 3.63) is 53.0 Å². The highest BCUT2D eigenvalue weighted by molar-refractivity contribution is 6.07. The number of carboxylic acids is 1. The topological polar surface area (TPSA) is 54.7 Å². The van der Waals surface area contributed by atoms with Crippen molar-refractivity contribution in [3.8, 4) is 11.1 Å². The van der Waals surface area contributed by atoms with Gasteiger partial charge in [-0.25, -0.2) is 9.18 Å². The smallest absolute Gasteiger partial charge is 0.337 e. The standard InChI is InChI=1S/C25H29FN2O3/c1-14-13-18-20(16-7-9-17(26)10-8-16)19(23(24(29)30)31-25(3,4)5)15(2)21-22(18)28(14)12-11-27(21)6/h7-10,13,23H,11-12H2,1-6H3,(H,29,30)/t23-/m0/s1. The average Bonchev–Trinajstić information content (AvgIpc) is 3.00. The summed E-state index contributed by atoms with van der Waals surface area (Å²) >= 11 is 0. The van der Waals surface area contributed by atoms with E-state index in [9.17, 15) is 14.3 Å². The van der Waals surface area contributed by atoms with Gasteiger partial charge in [-0.2, -0.15) is 0 Å². The van der Waals surface area contributed by atoms with E-state index in [2.05, 4.69) is 22.5 Å². The lowest BCUT2D eigenvalue weighted by Crippen LogP contribution is -2.31. The fourth-order valence-corrected chi connectivity index (χ4v) is 4.72. The second-order valence-corrected chi connectivity index (χ2v) is 9.34. The highest BCUT2D eigenvalue weighted by atomic mass is 19.1. The van der Waals surface area contributed by atoms with Gasteiger partial charge in [-0.1, -0.05) is 12.1 Å². The van der Waals surface area contributed by atoms with E-state index in [1.54, 1.807) is 12.1 Å². The van der Waals surface area contributed by atoms with E-state index in [0.29, 0.717) is 5.56 Å². The minimum absolute atomic E-state index is 0.329. The van der Waals surface area contributed by atoms with Gasteiger partial charge in [-0.15, -0.1) is 0 Å². The summed E-state index contributed by atoms with van der Waals surface area (Å²) < 4.78 is 22.1. The van der Waals surface area contributed by atoms with E-state index in [0.717, 1.165) is 52.1 Å². The molecule has 2 heterocycles. The van der Waals surface area contributed by atoms with Crippen LogP contribution in [0.25, 0.3) is 22.0 Å². The number of anilines is 1. The van der Waals surface area contributed by atoms with Crippen molar-refractivity contribution < 1.29 is 19.0 Å². The molecule has 6 heteroatoms. The largest absolute Gasteiger partial charge is 0.479 e. The Balaban J connectivity index is 2.16. The first-order valence-electron chi connectivity index (χ1n) is 10.5. The molecule has 0 radical (unpaired) electrons. The Morgan fingerprint density at radius 1 is 1.16 bits per heavy atom. The van der Waals surface area contributed by atoms with Crippen LogP contribution in [0.3, 0.4) is 0 Å². The molecule has 4 rings (SSSR count). The summed E-state index contributed by atoms with van der Waals surface area (Å²) in [6.07, 6.45) is -1.15. The predicted octanol–water partition coefficient (Wildman–Crippen LogP) is 5.45. The molecule has 1 aliphatic heterocycles. The highest BCUT2D eigenvalue weighted by Gasteiger charge is 2.35. The number of halogens is 1. The van der Waals surface area contributed by atoms with Crippen LogP contribution in [0.5, 0.6) is 0 Å². The fraction of sp³-hybridized carbons (Fsp3) is 0.400. The normalized spacial score (nSPS) is 14.9. The Kier molecular flexibility index (Phi) is 5.09. The van der Waals surface area contributed by atoms with Gasteiger partial charge < -0.3 is 19.3 Å². The third-order valence-corrected chi connectivity index (χ3v) is 5.96. The van der Waals surface area contributed by atoms with Crippen LogP contribution in [0.4, 0.5) is 10.1 Å². The SMILES string of the molecule is Cc1c([C@H](OC(C)(C)C)C(=O)O)c(-c2ccc(F)cc2)c2cc(C)n3c2c1N(C)CC3. The van der Waals surface area contributed by atoms with Crippen LogP contribution in [0.2, 0.25) is 0 Å². The number of benzene rings is 2. The van der Waals surface area contributed by atoms with Crippen molar-refractivity contribution in [1.82, 2.24) is 4.57 Å². The second-order valence-electron chi connectivity index (χ2n) is 9.34. The minimum atomic E-state index is -1.15. The summed E-state index contributed by atoms with van der Waals surface area (Å²) in [5, 5.41) is 11.2. The number of hydrogen-bond donors (Lipinski definition) is 1. The Bertz CT molecular complexity index is 1170. The summed E-state index contributed by atoms with van der Waals surface area (Å²) in [4.78, 5) is 14.7. The van der Waals surface area contributed by atoms with Crippen molar-refractivity contribution in [1.29, 1.82) is 0 Å². The lowest BCUT2D eigenvalue weighted by Gasteiger charge is -2.34. The van der Waals surface area contributed by atoms with Crippen LogP contribution in [0.1, 0.15) is 43.7 Å². The Morgan fingerprint density at radius 2 is 1.81 bits per heavy atom. The molecule has 1 N–H and O–H groups in total. The van der Waals surface area contributed by atoms with Crippen molar-refractivity contribution in [2.45, 2.75) is 52.9 Å². The molecule has 0 amide bonds. The van der Waals surface area contributed by atoms with E-state index in [1.165, 1.54) is 12.1 Å². The number of nitrogens with zero attached hydrogens (tertiary/aromatic N) is 2. The van der Waals surface area contributed by atoms with Crippen molar-refractivity contribution in [2.24, 2.45) is 0 Å². The monoisotopic (exact) mass is 424 g/mol. The number of aryl methyl sites for hydroxylation is 1.